The number of carbonyl (C=O) groups is 2. The minimum Gasteiger partial charge on any atom is -0.478 e. The molecule has 3 aromatic carbocycles. The zero-order valence-corrected chi connectivity index (χ0v) is 15.6. The van der Waals surface area contributed by atoms with Crippen LogP contribution in [-0.4, -0.2) is 26.7 Å². The smallest absolute Gasteiger partial charge is 0.335 e. The number of carboxylic acid groups (broad SMARTS) is 2. The van der Waals surface area contributed by atoms with Crippen molar-refractivity contribution in [1.29, 1.82) is 0 Å². The Morgan fingerprint density at radius 2 is 1.34 bits per heavy atom. The van der Waals surface area contributed by atoms with Crippen LogP contribution in [0.3, 0.4) is 0 Å². The van der Waals surface area contributed by atoms with E-state index >= 15 is 0 Å². The van der Waals surface area contributed by atoms with Crippen molar-refractivity contribution in [3.05, 3.63) is 107 Å². The van der Waals surface area contributed by atoms with E-state index in [1.54, 1.807) is 36.4 Å². The van der Waals surface area contributed by atoms with Crippen molar-refractivity contribution in [3.63, 3.8) is 0 Å². The van der Waals surface area contributed by atoms with Crippen LogP contribution in [0, 0.1) is 0 Å². The largest absolute Gasteiger partial charge is 0.478 e. The summed E-state index contributed by atoms with van der Waals surface area (Å²) < 4.78 is 2.09. The van der Waals surface area contributed by atoms with Gasteiger partial charge in [-0.2, -0.15) is 0 Å². The summed E-state index contributed by atoms with van der Waals surface area (Å²) in [6, 6.07) is 22.2. The van der Waals surface area contributed by atoms with Crippen LogP contribution in [-0.2, 0) is 13.0 Å². The highest BCUT2D eigenvalue weighted by atomic mass is 16.4. The molecule has 0 fully saturated rings. The number of hydrogen-bond donors (Lipinski definition) is 2. The third-order valence-electron chi connectivity index (χ3n) is 4.94. The van der Waals surface area contributed by atoms with E-state index in [2.05, 4.69) is 10.6 Å². The third kappa shape index (κ3) is 4.04. The molecule has 0 aliphatic carbocycles. The van der Waals surface area contributed by atoms with E-state index in [1.807, 2.05) is 36.5 Å². The SMILES string of the molecule is O=C(O)c1cccc(Cc2ccc3c(ccn3Cc3cccc(C(=O)O)c3)c2)c1. The lowest BCUT2D eigenvalue weighted by Crippen LogP contribution is -2.01. The summed E-state index contributed by atoms with van der Waals surface area (Å²) in [6.45, 7) is 0.588. The van der Waals surface area contributed by atoms with Gasteiger partial charge in [-0.3, -0.25) is 0 Å². The average Bonchev–Trinajstić information content (AvgIpc) is 3.10. The first kappa shape index (κ1) is 18.5. The van der Waals surface area contributed by atoms with E-state index in [0.717, 1.165) is 27.6 Å². The summed E-state index contributed by atoms with van der Waals surface area (Å²) in [5.74, 6) is -1.85. The highest BCUT2D eigenvalue weighted by Crippen LogP contribution is 2.21. The van der Waals surface area contributed by atoms with Gasteiger partial charge in [0.2, 0.25) is 0 Å². The molecule has 0 unspecified atom stereocenters. The van der Waals surface area contributed by atoms with Crippen LogP contribution in [0.25, 0.3) is 10.9 Å². The number of aromatic carboxylic acids is 2. The van der Waals surface area contributed by atoms with Gasteiger partial charge in [-0.15, -0.1) is 0 Å². The first-order chi connectivity index (χ1) is 14.0. The fourth-order valence-corrected chi connectivity index (χ4v) is 3.55. The number of carboxylic acids is 2. The maximum atomic E-state index is 11.2. The van der Waals surface area contributed by atoms with Gasteiger partial charge in [0, 0.05) is 18.3 Å². The quantitative estimate of drug-likeness (QED) is 0.505. The molecule has 5 heteroatoms. The molecule has 0 saturated heterocycles. The molecular formula is C24H19NO4. The van der Waals surface area contributed by atoms with Gasteiger partial charge in [0.1, 0.15) is 0 Å². The molecule has 4 rings (SSSR count). The molecule has 0 atom stereocenters. The topological polar surface area (TPSA) is 79.5 Å². The molecule has 0 radical (unpaired) electrons. The molecule has 29 heavy (non-hydrogen) atoms. The lowest BCUT2D eigenvalue weighted by Gasteiger charge is -2.08. The van der Waals surface area contributed by atoms with Crippen LogP contribution < -0.4 is 0 Å². The molecule has 1 aromatic heterocycles. The molecule has 1 heterocycles. The van der Waals surface area contributed by atoms with E-state index in [0.29, 0.717) is 18.5 Å². The maximum absolute atomic E-state index is 11.2. The Labute approximate surface area is 167 Å². The molecular weight excluding hydrogens is 366 g/mol. The second-order valence-electron chi connectivity index (χ2n) is 7.02. The minimum absolute atomic E-state index is 0.282. The zero-order chi connectivity index (χ0) is 20.4. The Bertz CT molecular complexity index is 1220. The second-order valence-corrected chi connectivity index (χ2v) is 7.02. The van der Waals surface area contributed by atoms with E-state index < -0.39 is 11.9 Å². The normalized spacial score (nSPS) is 10.9. The summed E-state index contributed by atoms with van der Waals surface area (Å²) in [4.78, 5) is 22.3. The van der Waals surface area contributed by atoms with Gasteiger partial charge >= 0.3 is 11.9 Å². The standard InChI is InChI=1S/C24H19NO4/c26-23(27)20-5-1-3-16(13-20)11-17-7-8-22-19(12-17)9-10-25(22)15-18-4-2-6-21(14-18)24(28)29/h1-10,12-14H,11,15H2,(H,26,27)(H,28,29). The van der Waals surface area contributed by atoms with Crippen molar-refractivity contribution >= 4 is 22.8 Å². The second kappa shape index (κ2) is 7.64. The van der Waals surface area contributed by atoms with Crippen molar-refractivity contribution in [2.24, 2.45) is 0 Å². The van der Waals surface area contributed by atoms with Gasteiger partial charge in [0.05, 0.1) is 11.1 Å². The van der Waals surface area contributed by atoms with Crippen LogP contribution in [0.2, 0.25) is 0 Å². The molecule has 4 aromatic rings. The average molecular weight is 385 g/mol. The molecule has 0 aliphatic rings. The number of hydrogen-bond acceptors (Lipinski definition) is 2. The van der Waals surface area contributed by atoms with Crippen LogP contribution in [0.4, 0.5) is 0 Å². The summed E-state index contributed by atoms with van der Waals surface area (Å²) in [5, 5.41) is 19.4. The van der Waals surface area contributed by atoms with Gasteiger partial charge in [0.25, 0.3) is 0 Å². The first-order valence-electron chi connectivity index (χ1n) is 9.22. The number of rotatable bonds is 6. The fraction of sp³-hybridized carbons (Fsp3) is 0.0833. The molecule has 0 bridgehead atoms. The summed E-state index contributed by atoms with van der Waals surface area (Å²) in [5.41, 5.74) is 4.62. The molecule has 2 N–H and O–H groups in total. The Kier molecular flexibility index (Phi) is 4.87. The Morgan fingerprint density at radius 3 is 2.03 bits per heavy atom. The molecule has 5 nitrogen and oxygen atoms in total. The summed E-state index contributed by atoms with van der Waals surface area (Å²) in [7, 11) is 0. The Balaban J connectivity index is 1.58. The molecule has 144 valence electrons. The Morgan fingerprint density at radius 1 is 0.724 bits per heavy atom. The molecule has 0 spiro atoms. The van der Waals surface area contributed by atoms with E-state index in [9.17, 15) is 9.59 Å². The van der Waals surface area contributed by atoms with Crippen LogP contribution in [0.15, 0.2) is 79.0 Å². The predicted molar refractivity (Wildman–Crippen MR) is 111 cm³/mol. The van der Waals surface area contributed by atoms with Crippen LogP contribution >= 0.6 is 0 Å². The number of nitrogens with zero attached hydrogens (tertiary/aromatic N) is 1. The lowest BCUT2D eigenvalue weighted by atomic mass is 10.0. The highest BCUT2D eigenvalue weighted by molar-refractivity contribution is 5.88. The van der Waals surface area contributed by atoms with Gasteiger partial charge in [-0.25, -0.2) is 9.59 Å². The lowest BCUT2D eigenvalue weighted by molar-refractivity contribution is 0.0686. The third-order valence-corrected chi connectivity index (χ3v) is 4.94. The highest BCUT2D eigenvalue weighted by Gasteiger charge is 2.08. The first-order valence-corrected chi connectivity index (χ1v) is 9.22. The Hall–Kier alpha value is -3.86. The number of benzene rings is 3. The minimum atomic E-state index is -0.930. The summed E-state index contributed by atoms with van der Waals surface area (Å²) in [6.07, 6.45) is 2.65. The van der Waals surface area contributed by atoms with E-state index in [1.165, 1.54) is 0 Å². The molecule has 0 aliphatic heterocycles. The van der Waals surface area contributed by atoms with Gasteiger partial charge < -0.3 is 14.8 Å². The van der Waals surface area contributed by atoms with Gasteiger partial charge in [0.15, 0.2) is 0 Å². The molecule has 0 amide bonds. The maximum Gasteiger partial charge on any atom is 0.335 e. The fourth-order valence-electron chi connectivity index (χ4n) is 3.55. The van der Waals surface area contributed by atoms with Crippen molar-refractivity contribution in [1.82, 2.24) is 4.57 Å². The van der Waals surface area contributed by atoms with Crippen LogP contribution in [0.5, 0.6) is 0 Å². The number of aromatic nitrogens is 1. The number of fused-ring (bicyclic) bond motifs is 1. The summed E-state index contributed by atoms with van der Waals surface area (Å²) >= 11 is 0. The molecule has 0 saturated carbocycles. The predicted octanol–water partition coefficient (Wildman–Crippen LogP) is 4.68. The van der Waals surface area contributed by atoms with Crippen molar-refractivity contribution in [2.75, 3.05) is 0 Å². The van der Waals surface area contributed by atoms with Crippen molar-refractivity contribution in [3.8, 4) is 0 Å². The van der Waals surface area contributed by atoms with Crippen molar-refractivity contribution < 1.29 is 19.8 Å². The zero-order valence-electron chi connectivity index (χ0n) is 15.6. The van der Waals surface area contributed by atoms with Crippen molar-refractivity contribution in [2.45, 2.75) is 13.0 Å². The van der Waals surface area contributed by atoms with E-state index in [4.69, 9.17) is 10.2 Å². The van der Waals surface area contributed by atoms with Gasteiger partial charge in [-0.1, -0.05) is 30.3 Å². The monoisotopic (exact) mass is 385 g/mol. The van der Waals surface area contributed by atoms with E-state index in [-0.39, 0.29) is 5.56 Å². The van der Waals surface area contributed by atoms with Gasteiger partial charge in [-0.05, 0) is 71.0 Å². The van der Waals surface area contributed by atoms with Crippen LogP contribution in [0.1, 0.15) is 37.4 Å².